The highest BCUT2D eigenvalue weighted by Gasteiger charge is 2.21. The first-order valence-corrected chi connectivity index (χ1v) is 10.2. The van der Waals surface area contributed by atoms with Gasteiger partial charge in [0.1, 0.15) is 22.8 Å². The first-order chi connectivity index (χ1) is 14.6. The van der Waals surface area contributed by atoms with E-state index in [1.165, 1.54) is 5.39 Å². The molecule has 0 aliphatic heterocycles. The molecule has 0 saturated heterocycles. The zero-order chi connectivity index (χ0) is 20.8. The zero-order valence-corrected chi connectivity index (χ0v) is 17.4. The number of benzene rings is 4. The maximum absolute atomic E-state index is 6.31. The summed E-state index contributed by atoms with van der Waals surface area (Å²) >= 11 is 0. The average Bonchev–Trinajstić information content (AvgIpc) is 2.75. The van der Waals surface area contributed by atoms with Gasteiger partial charge < -0.3 is 14.2 Å². The molecule has 0 unspecified atom stereocenters. The molecule has 4 aromatic rings. The van der Waals surface area contributed by atoms with Crippen molar-refractivity contribution in [3.8, 4) is 17.2 Å². The van der Waals surface area contributed by atoms with E-state index in [4.69, 9.17) is 14.2 Å². The molecule has 4 rings (SSSR count). The highest BCUT2D eigenvalue weighted by molar-refractivity contribution is 5.88. The van der Waals surface area contributed by atoms with Gasteiger partial charge in [0.25, 0.3) is 0 Å². The second-order valence-electron chi connectivity index (χ2n) is 7.89. The Balaban J connectivity index is 1.36. The van der Waals surface area contributed by atoms with E-state index in [1.807, 2.05) is 92.7 Å². The third-order valence-corrected chi connectivity index (χ3v) is 4.73. The average molecular weight is 399 g/mol. The molecule has 0 heterocycles. The Kier molecular flexibility index (Phi) is 6.01. The van der Waals surface area contributed by atoms with E-state index in [9.17, 15) is 0 Å². The van der Waals surface area contributed by atoms with Crippen molar-refractivity contribution in [2.24, 2.45) is 0 Å². The lowest BCUT2D eigenvalue weighted by Crippen LogP contribution is -2.34. The number of fused-ring (bicyclic) bond motifs is 1. The topological polar surface area (TPSA) is 27.7 Å². The number of hydrogen-bond acceptors (Lipinski definition) is 3. The van der Waals surface area contributed by atoms with Gasteiger partial charge in [-0.3, -0.25) is 0 Å². The van der Waals surface area contributed by atoms with Crippen molar-refractivity contribution in [3.05, 3.63) is 103 Å². The first-order valence-electron chi connectivity index (χ1n) is 10.2. The van der Waals surface area contributed by atoms with E-state index < -0.39 is 5.60 Å². The smallest absolute Gasteiger partial charge is 0.128 e. The Bertz CT molecular complexity index is 1100. The minimum Gasteiger partial charge on any atom is -0.485 e. The van der Waals surface area contributed by atoms with Gasteiger partial charge in [-0.1, -0.05) is 66.7 Å². The highest BCUT2D eigenvalue weighted by atomic mass is 16.5. The van der Waals surface area contributed by atoms with E-state index in [2.05, 4.69) is 18.2 Å². The quantitative estimate of drug-likeness (QED) is 0.320. The largest absolute Gasteiger partial charge is 0.485 e. The van der Waals surface area contributed by atoms with Crippen LogP contribution < -0.4 is 9.47 Å². The van der Waals surface area contributed by atoms with Crippen LogP contribution in [0.5, 0.6) is 17.2 Å². The molecular weight excluding hydrogens is 372 g/mol. The number of ether oxygens (including phenoxy) is 3. The predicted molar refractivity (Wildman–Crippen MR) is 121 cm³/mol. The summed E-state index contributed by atoms with van der Waals surface area (Å²) in [6, 6.07) is 32.1. The Labute approximate surface area is 177 Å². The van der Waals surface area contributed by atoms with Crippen LogP contribution in [0.4, 0.5) is 0 Å². The fourth-order valence-corrected chi connectivity index (χ4v) is 3.35. The summed E-state index contributed by atoms with van der Waals surface area (Å²) in [5, 5.41) is 2.28. The fraction of sp³-hybridized carbons (Fsp3) is 0.185. The third kappa shape index (κ3) is 5.19. The maximum atomic E-state index is 6.31. The molecule has 0 radical (unpaired) electrons. The lowest BCUT2D eigenvalue weighted by atomic mass is 10.1. The monoisotopic (exact) mass is 398 g/mol. The normalized spacial score (nSPS) is 11.4. The van der Waals surface area contributed by atoms with E-state index >= 15 is 0 Å². The Hall–Kier alpha value is -3.30. The molecule has 3 heteroatoms. The molecular formula is C27H26O3. The van der Waals surface area contributed by atoms with Crippen LogP contribution in [0.15, 0.2) is 97.1 Å². The molecule has 0 aliphatic carbocycles. The van der Waals surface area contributed by atoms with E-state index in [-0.39, 0.29) is 0 Å². The second kappa shape index (κ2) is 9.02. The Morgan fingerprint density at radius 1 is 0.700 bits per heavy atom. The summed E-state index contributed by atoms with van der Waals surface area (Å²) in [7, 11) is 0. The molecule has 0 saturated carbocycles. The third-order valence-electron chi connectivity index (χ3n) is 4.73. The molecule has 0 fully saturated rings. The van der Waals surface area contributed by atoms with Crippen molar-refractivity contribution in [1.82, 2.24) is 0 Å². The first kappa shape index (κ1) is 20.0. The van der Waals surface area contributed by atoms with E-state index in [0.717, 1.165) is 28.2 Å². The van der Waals surface area contributed by atoms with Gasteiger partial charge in [-0.15, -0.1) is 0 Å². The van der Waals surface area contributed by atoms with Crippen molar-refractivity contribution >= 4 is 10.8 Å². The molecule has 0 bridgehead atoms. The van der Waals surface area contributed by atoms with E-state index in [0.29, 0.717) is 13.2 Å². The van der Waals surface area contributed by atoms with Gasteiger partial charge >= 0.3 is 0 Å². The van der Waals surface area contributed by atoms with Crippen LogP contribution in [0.2, 0.25) is 0 Å². The molecule has 0 aromatic heterocycles. The highest BCUT2D eigenvalue weighted by Crippen LogP contribution is 2.29. The van der Waals surface area contributed by atoms with Crippen LogP contribution >= 0.6 is 0 Å². The van der Waals surface area contributed by atoms with Crippen molar-refractivity contribution in [2.45, 2.75) is 26.1 Å². The van der Waals surface area contributed by atoms with Crippen molar-refractivity contribution in [1.29, 1.82) is 0 Å². The molecule has 0 atom stereocenters. The Morgan fingerprint density at radius 3 is 2.27 bits per heavy atom. The summed E-state index contributed by atoms with van der Waals surface area (Å²) in [5.41, 5.74) is 0.604. The molecule has 3 nitrogen and oxygen atoms in total. The molecule has 4 aromatic carbocycles. The van der Waals surface area contributed by atoms with Gasteiger partial charge in [0.15, 0.2) is 0 Å². The van der Waals surface area contributed by atoms with Gasteiger partial charge in [0, 0.05) is 5.39 Å². The van der Waals surface area contributed by atoms with Crippen molar-refractivity contribution in [2.75, 3.05) is 6.61 Å². The van der Waals surface area contributed by atoms with Crippen LogP contribution in [-0.2, 0) is 11.3 Å². The SMILES string of the molecule is CC(C)(COCc1cccc(Oc2ccccc2)c1)Oc1cccc2ccccc12. The molecule has 152 valence electrons. The summed E-state index contributed by atoms with van der Waals surface area (Å²) in [6.45, 7) is 5.06. The van der Waals surface area contributed by atoms with Crippen molar-refractivity contribution in [3.63, 3.8) is 0 Å². The minimum absolute atomic E-state index is 0.456. The number of para-hydroxylation sites is 1. The summed E-state index contributed by atoms with van der Waals surface area (Å²) in [6.07, 6.45) is 0. The second-order valence-corrected chi connectivity index (χ2v) is 7.89. The summed E-state index contributed by atoms with van der Waals surface area (Å²) in [5.74, 6) is 2.49. The van der Waals surface area contributed by atoms with Gasteiger partial charge in [0.2, 0.25) is 0 Å². The molecule has 0 aliphatic rings. The van der Waals surface area contributed by atoms with Gasteiger partial charge in [0.05, 0.1) is 13.2 Å². The molecule has 0 N–H and O–H groups in total. The van der Waals surface area contributed by atoms with Crippen LogP contribution in [0.3, 0.4) is 0 Å². The maximum Gasteiger partial charge on any atom is 0.128 e. The fourth-order valence-electron chi connectivity index (χ4n) is 3.35. The predicted octanol–water partition coefficient (Wildman–Crippen LogP) is 7.01. The standard InChI is InChI=1S/C27H26O3/c1-27(2,30-26-17-9-12-22-11-6-7-16-25(22)26)20-28-19-21-10-8-15-24(18-21)29-23-13-4-3-5-14-23/h3-18H,19-20H2,1-2H3. The molecule has 0 spiro atoms. The van der Waals surface area contributed by atoms with Crippen LogP contribution in [0.1, 0.15) is 19.4 Å². The lowest BCUT2D eigenvalue weighted by Gasteiger charge is -2.27. The van der Waals surface area contributed by atoms with Gasteiger partial charge in [-0.25, -0.2) is 0 Å². The number of rotatable bonds is 8. The Morgan fingerprint density at radius 2 is 1.40 bits per heavy atom. The summed E-state index contributed by atoms with van der Waals surface area (Å²) in [4.78, 5) is 0. The molecule has 0 amide bonds. The minimum atomic E-state index is -0.456. The number of hydrogen-bond donors (Lipinski definition) is 0. The summed E-state index contributed by atoms with van der Waals surface area (Å²) < 4.78 is 18.2. The van der Waals surface area contributed by atoms with Crippen LogP contribution in [-0.4, -0.2) is 12.2 Å². The van der Waals surface area contributed by atoms with E-state index in [1.54, 1.807) is 0 Å². The van der Waals surface area contributed by atoms with Gasteiger partial charge in [-0.2, -0.15) is 0 Å². The van der Waals surface area contributed by atoms with Gasteiger partial charge in [-0.05, 0) is 55.1 Å². The van der Waals surface area contributed by atoms with Crippen LogP contribution in [0, 0.1) is 0 Å². The van der Waals surface area contributed by atoms with Crippen LogP contribution in [0.25, 0.3) is 10.8 Å². The molecule has 30 heavy (non-hydrogen) atoms. The lowest BCUT2D eigenvalue weighted by molar-refractivity contribution is -0.00929. The van der Waals surface area contributed by atoms with Crippen molar-refractivity contribution < 1.29 is 14.2 Å². The zero-order valence-electron chi connectivity index (χ0n) is 17.4.